The summed E-state index contributed by atoms with van der Waals surface area (Å²) in [6.45, 7) is 2.14. The van der Waals surface area contributed by atoms with Crippen LogP contribution in [0.2, 0.25) is 0 Å². The number of rotatable bonds is 6. The Morgan fingerprint density at radius 1 is 1.39 bits per heavy atom. The molecule has 7 nitrogen and oxygen atoms in total. The van der Waals surface area contributed by atoms with Gasteiger partial charge in [0.15, 0.2) is 5.82 Å². The van der Waals surface area contributed by atoms with Crippen molar-refractivity contribution in [2.24, 2.45) is 0 Å². The lowest BCUT2D eigenvalue weighted by atomic mass is 10.1. The van der Waals surface area contributed by atoms with Crippen molar-refractivity contribution in [2.45, 2.75) is 44.7 Å². The van der Waals surface area contributed by atoms with E-state index < -0.39 is 0 Å². The van der Waals surface area contributed by atoms with Crippen molar-refractivity contribution in [3.63, 3.8) is 0 Å². The van der Waals surface area contributed by atoms with Gasteiger partial charge in [0.05, 0.1) is 6.54 Å². The summed E-state index contributed by atoms with van der Waals surface area (Å²) in [6.07, 6.45) is 2.91. The maximum absolute atomic E-state index is 11.9. The van der Waals surface area contributed by atoms with E-state index in [1.54, 1.807) is 12.1 Å². The van der Waals surface area contributed by atoms with Gasteiger partial charge in [-0.2, -0.15) is 4.98 Å². The van der Waals surface area contributed by atoms with Crippen molar-refractivity contribution in [2.75, 3.05) is 0 Å². The Morgan fingerprint density at radius 2 is 2.13 bits per heavy atom. The topological polar surface area (TPSA) is 100 Å². The van der Waals surface area contributed by atoms with E-state index in [1.807, 2.05) is 19.1 Å². The molecule has 1 aromatic carbocycles. The number of hydrogen-bond donors (Lipinski definition) is 3. The number of aromatic hydroxyl groups is 1. The quantitative estimate of drug-likeness (QED) is 0.757. The lowest BCUT2D eigenvalue weighted by Gasteiger charge is -2.14. The highest BCUT2D eigenvalue weighted by molar-refractivity contribution is 5.74. The summed E-state index contributed by atoms with van der Waals surface area (Å²) in [4.78, 5) is 16.1. The van der Waals surface area contributed by atoms with Gasteiger partial charge < -0.3 is 20.3 Å². The highest BCUT2D eigenvalue weighted by Gasteiger charge is 2.28. The first-order valence-electron chi connectivity index (χ1n) is 7.75. The number of carbonyl (C=O) groups excluding carboxylic acids is 1. The summed E-state index contributed by atoms with van der Waals surface area (Å²) < 4.78 is 5.10. The number of carbonyl (C=O) groups is 1. The molecule has 1 fully saturated rings. The molecular formula is C16H20N4O3. The van der Waals surface area contributed by atoms with Crippen molar-refractivity contribution in [1.29, 1.82) is 0 Å². The van der Waals surface area contributed by atoms with Crippen LogP contribution in [0.4, 0.5) is 4.79 Å². The van der Waals surface area contributed by atoms with Gasteiger partial charge in [-0.1, -0.05) is 17.3 Å². The van der Waals surface area contributed by atoms with Crippen molar-refractivity contribution in [1.82, 2.24) is 20.8 Å². The molecule has 0 aliphatic heterocycles. The minimum absolute atomic E-state index is 0.0377. The Balaban J connectivity index is 1.41. The molecule has 0 saturated heterocycles. The van der Waals surface area contributed by atoms with E-state index in [0.717, 1.165) is 24.2 Å². The fourth-order valence-electron chi connectivity index (χ4n) is 2.31. The smallest absolute Gasteiger partial charge is 0.315 e. The van der Waals surface area contributed by atoms with Gasteiger partial charge in [0.1, 0.15) is 5.75 Å². The molecule has 1 saturated carbocycles. The summed E-state index contributed by atoms with van der Waals surface area (Å²) in [5.41, 5.74) is 1.04. The molecule has 23 heavy (non-hydrogen) atoms. The van der Waals surface area contributed by atoms with Gasteiger partial charge in [-0.3, -0.25) is 0 Å². The number of amides is 2. The number of nitrogens with one attached hydrogen (secondary N) is 2. The van der Waals surface area contributed by atoms with Crippen molar-refractivity contribution >= 4 is 6.03 Å². The van der Waals surface area contributed by atoms with Crippen LogP contribution in [-0.4, -0.2) is 27.3 Å². The first-order valence-corrected chi connectivity index (χ1v) is 7.75. The number of urea groups is 1. The van der Waals surface area contributed by atoms with E-state index in [1.165, 1.54) is 0 Å². The normalized spacial score (nSPS) is 15.2. The van der Waals surface area contributed by atoms with Gasteiger partial charge in [0.25, 0.3) is 0 Å². The standard InChI is InChI=1S/C16H20N4O3/c1-10(8-11-2-6-13(21)7-3-11)18-16(22)17-9-14-19-15(20-23-14)12-4-5-12/h2-3,6-7,10,12,21H,4-5,8-9H2,1H3,(H2,17,18,22)/t10-/m1/s1. The molecule has 7 heteroatoms. The van der Waals surface area contributed by atoms with E-state index in [4.69, 9.17) is 4.52 Å². The lowest BCUT2D eigenvalue weighted by molar-refractivity contribution is 0.235. The molecule has 3 rings (SSSR count). The average Bonchev–Trinajstić information content (AvgIpc) is 3.26. The SMILES string of the molecule is C[C@H](Cc1ccc(O)cc1)NC(=O)NCc1nc(C2CC2)no1. The molecule has 1 aliphatic carbocycles. The zero-order valence-electron chi connectivity index (χ0n) is 13.0. The highest BCUT2D eigenvalue weighted by atomic mass is 16.5. The Hall–Kier alpha value is -2.57. The molecule has 0 spiro atoms. The zero-order valence-corrected chi connectivity index (χ0v) is 13.0. The molecule has 0 bridgehead atoms. The average molecular weight is 316 g/mol. The maximum Gasteiger partial charge on any atom is 0.315 e. The lowest BCUT2D eigenvalue weighted by Crippen LogP contribution is -2.41. The van der Waals surface area contributed by atoms with Crippen LogP contribution in [-0.2, 0) is 13.0 Å². The van der Waals surface area contributed by atoms with Crippen molar-refractivity contribution < 1.29 is 14.4 Å². The number of nitrogens with zero attached hydrogens (tertiary/aromatic N) is 2. The van der Waals surface area contributed by atoms with Crippen LogP contribution in [0, 0.1) is 0 Å². The molecule has 2 aromatic rings. The molecule has 0 radical (unpaired) electrons. The van der Waals surface area contributed by atoms with Crippen LogP contribution in [0.15, 0.2) is 28.8 Å². The minimum Gasteiger partial charge on any atom is -0.508 e. The predicted octanol–water partition coefficient (Wildman–Crippen LogP) is 2.08. The molecule has 3 N–H and O–H groups in total. The highest BCUT2D eigenvalue weighted by Crippen LogP contribution is 2.37. The first-order chi connectivity index (χ1) is 11.1. The summed E-state index contributed by atoms with van der Waals surface area (Å²) >= 11 is 0. The minimum atomic E-state index is -0.276. The van der Waals surface area contributed by atoms with E-state index in [9.17, 15) is 9.90 Å². The fourth-order valence-corrected chi connectivity index (χ4v) is 2.31. The third kappa shape index (κ3) is 4.45. The van der Waals surface area contributed by atoms with E-state index in [-0.39, 0.29) is 24.4 Å². The zero-order chi connectivity index (χ0) is 16.2. The van der Waals surface area contributed by atoms with Crippen LogP contribution in [0.5, 0.6) is 5.75 Å². The van der Waals surface area contributed by atoms with Crippen LogP contribution in [0.1, 0.15) is 43.0 Å². The van der Waals surface area contributed by atoms with E-state index in [2.05, 4.69) is 20.8 Å². The van der Waals surface area contributed by atoms with E-state index in [0.29, 0.717) is 18.2 Å². The monoisotopic (exact) mass is 316 g/mol. The van der Waals surface area contributed by atoms with Crippen LogP contribution >= 0.6 is 0 Å². The van der Waals surface area contributed by atoms with Crippen LogP contribution < -0.4 is 10.6 Å². The predicted molar refractivity (Wildman–Crippen MR) is 82.9 cm³/mol. The second-order valence-corrected chi connectivity index (χ2v) is 5.92. The summed E-state index contributed by atoms with van der Waals surface area (Å²) in [5, 5.41) is 18.7. The van der Waals surface area contributed by atoms with Crippen molar-refractivity contribution in [3.05, 3.63) is 41.5 Å². The van der Waals surface area contributed by atoms with Crippen molar-refractivity contribution in [3.8, 4) is 5.75 Å². The maximum atomic E-state index is 11.9. The summed E-state index contributed by atoms with van der Waals surface area (Å²) in [7, 11) is 0. The number of hydrogen-bond acceptors (Lipinski definition) is 5. The summed E-state index contributed by atoms with van der Waals surface area (Å²) in [5.74, 6) is 1.83. The molecular weight excluding hydrogens is 296 g/mol. The Morgan fingerprint density at radius 3 is 2.83 bits per heavy atom. The third-order valence-electron chi connectivity index (χ3n) is 3.68. The largest absolute Gasteiger partial charge is 0.508 e. The third-order valence-corrected chi connectivity index (χ3v) is 3.68. The molecule has 1 aromatic heterocycles. The Kier molecular flexibility index (Phi) is 4.45. The number of phenols is 1. The second-order valence-electron chi connectivity index (χ2n) is 5.92. The number of aromatic nitrogens is 2. The fraction of sp³-hybridized carbons (Fsp3) is 0.438. The molecule has 122 valence electrons. The molecule has 1 heterocycles. The van der Waals surface area contributed by atoms with Gasteiger partial charge in [0, 0.05) is 12.0 Å². The van der Waals surface area contributed by atoms with Crippen LogP contribution in [0.3, 0.4) is 0 Å². The van der Waals surface area contributed by atoms with Gasteiger partial charge in [-0.05, 0) is 43.9 Å². The van der Waals surface area contributed by atoms with Gasteiger partial charge in [-0.15, -0.1) is 0 Å². The van der Waals surface area contributed by atoms with Crippen LogP contribution in [0.25, 0.3) is 0 Å². The second kappa shape index (κ2) is 6.68. The number of phenolic OH excluding ortho intramolecular Hbond substituents is 1. The number of benzene rings is 1. The van der Waals surface area contributed by atoms with Gasteiger partial charge in [0.2, 0.25) is 5.89 Å². The first kappa shape index (κ1) is 15.3. The molecule has 2 amide bonds. The van der Waals surface area contributed by atoms with Gasteiger partial charge >= 0.3 is 6.03 Å². The molecule has 0 unspecified atom stereocenters. The van der Waals surface area contributed by atoms with E-state index >= 15 is 0 Å². The Bertz CT molecular complexity index is 664. The van der Waals surface area contributed by atoms with Gasteiger partial charge in [-0.25, -0.2) is 4.79 Å². The molecule has 1 atom stereocenters. The molecule has 1 aliphatic rings. The summed E-state index contributed by atoms with van der Waals surface area (Å²) in [6, 6.07) is 6.63. The Labute approximate surface area is 134 Å².